The van der Waals surface area contributed by atoms with Crippen molar-refractivity contribution in [1.82, 2.24) is 10.6 Å². The number of halogens is 1. The number of carbonyl (C=O) groups is 2. The van der Waals surface area contributed by atoms with Crippen molar-refractivity contribution in [3.05, 3.63) is 94.0 Å². The van der Waals surface area contributed by atoms with Crippen LogP contribution >= 0.6 is 28.1 Å². The summed E-state index contributed by atoms with van der Waals surface area (Å²) in [5.74, 6) is -0.151. The maximum atomic E-state index is 12.9. The van der Waals surface area contributed by atoms with E-state index in [9.17, 15) is 9.59 Å². The zero-order chi connectivity index (χ0) is 22.9. The van der Waals surface area contributed by atoms with Crippen molar-refractivity contribution in [2.45, 2.75) is 6.42 Å². The van der Waals surface area contributed by atoms with E-state index in [1.165, 1.54) is 0 Å². The van der Waals surface area contributed by atoms with Crippen LogP contribution in [0.15, 0.2) is 77.3 Å². The monoisotopic (exact) mass is 511 g/mol. The highest BCUT2D eigenvalue weighted by atomic mass is 79.9. The number of amides is 2. The molecule has 3 rings (SSSR count). The van der Waals surface area contributed by atoms with Crippen molar-refractivity contribution in [2.24, 2.45) is 0 Å². The van der Waals surface area contributed by atoms with Crippen LogP contribution in [0.3, 0.4) is 0 Å². The number of anilines is 1. The number of carbonyl (C=O) groups excluding carboxylic acids is 2. The van der Waals surface area contributed by atoms with Crippen LogP contribution in [0, 0.1) is 0 Å². The number of hydrogen-bond acceptors (Lipinski definition) is 4. The van der Waals surface area contributed by atoms with Crippen LogP contribution in [0.1, 0.15) is 26.3 Å². The first kappa shape index (κ1) is 23.4. The lowest BCUT2D eigenvalue weighted by Gasteiger charge is -2.14. The predicted octanol–water partition coefficient (Wildman–Crippen LogP) is 4.56. The van der Waals surface area contributed by atoms with Gasteiger partial charge in [0, 0.05) is 29.2 Å². The second-order valence-corrected chi connectivity index (χ2v) is 8.12. The summed E-state index contributed by atoms with van der Waals surface area (Å²) in [6.45, 7) is 0.431. The van der Waals surface area contributed by atoms with Gasteiger partial charge in [0.15, 0.2) is 5.11 Å². The largest absolute Gasteiger partial charge is 0.492 e. The summed E-state index contributed by atoms with van der Waals surface area (Å²) in [6.07, 6.45) is 0.722. The fourth-order valence-electron chi connectivity index (χ4n) is 2.94. The van der Waals surface area contributed by atoms with Gasteiger partial charge in [0.25, 0.3) is 11.8 Å². The summed E-state index contributed by atoms with van der Waals surface area (Å²) < 4.78 is 6.63. The molecule has 8 heteroatoms. The maximum absolute atomic E-state index is 12.9. The van der Waals surface area contributed by atoms with E-state index in [4.69, 9.17) is 17.0 Å². The number of nitrogens with one attached hydrogen (secondary N) is 3. The molecular weight excluding hydrogens is 490 g/mol. The summed E-state index contributed by atoms with van der Waals surface area (Å²) in [7, 11) is 1.56. The Labute approximate surface area is 200 Å². The van der Waals surface area contributed by atoms with Crippen LogP contribution in [0.5, 0.6) is 5.75 Å². The third-order valence-corrected chi connectivity index (χ3v) is 5.21. The second kappa shape index (κ2) is 11.4. The molecule has 2 amide bonds. The molecule has 32 heavy (non-hydrogen) atoms. The lowest BCUT2D eigenvalue weighted by atomic mass is 10.1. The summed E-state index contributed by atoms with van der Waals surface area (Å²) in [5.41, 5.74) is 2.58. The van der Waals surface area contributed by atoms with Gasteiger partial charge in [0.1, 0.15) is 5.75 Å². The average molecular weight is 512 g/mol. The van der Waals surface area contributed by atoms with E-state index in [1.54, 1.807) is 43.4 Å². The maximum Gasteiger partial charge on any atom is 0.261 e. The Hall–Kier alpha value is -3.23. The zero-order valence-electron chi connectivity index (χ0n) is 17.4. The van der Waals surface area contributed by atoms with E-state index in [2.05, 4.69) is 31.9 Å². The Kier molecular flexibility index (Phi) is 8.35. The van der Waals surface area contributed by atoms with Gasteiger partial charge < -0.3 is 15.4 Å². The molecule has 0 bridgehead atoms. The van der Waals surface area contributed by atoms with E-state index in [1.807, 2.05) is 36.4 Å². The Morgan fingerprint density at radius 2 is 1.75 bits per heavy atom. The smallest absolute Gasteiger partial charge is 0.261 e. The average Bonchev–Trinajstić information content (AvgIpc) is 2.80. The highest BCUT2D eigenvalue weighted by Crippen LogP contribution is 2.23. The molecule has 0 heterocycles. The van der Waals surface area contributed by atoms with Crippen molar-refractivity contribution >= 4 is 50.8 Å². The molecule has 6 nitrogen and oxygen atoms in total. The highest BCUT2D eigenvalue weighted by Gasteiger charge is 2.15. The molecule has 3 aromatic rings. The number of thiocarbonyl (C=S) groups is 1. The minimum absolute atomic E-state index is 0.110. The first-order valence-electron chi connectivity index (χ1n) is 9.87. The van der Waals surface area contributed by atoms with E-state index >= 15 is 0 Å². The summed E-state index contributed by atoms with van der Waals surface area (Å²) >= 11 is 8.68. The quantitative estimate of drug-likeness (QED) is 0.405. The topological polar surface area (TPSA) is 79.5 Å². The van der Waals surface area contributed by atoms with Gasteiger partial charge in [-0.2, -0.15) is 0 Å². The van der Waals surface area contributed by atoms with Crippen LogP contribution in [-0.4, -0.2) is 30.6 Å². The lowest BCUT2D eigenvalue weighted by Crippen LogP contribution is -2.34. The fourth-order valence-corrected chi connectivity index (χ4v) is 3.52. The van der Waals surface area contributed by atoms with Crippen molar-refractivity contribution in [3.8, 4) is 5.75 Å². The normalized spacial score (nSPS) is 10.2. The van der Waals surface area contributed by atoms with Crippen LogP contribution in [0.4, 0.5) is 5.69 Å². The first-order valence-corrected chi connectivity index (χ1v) is 11.1. The molecule has 164 valence electrons. The number of hydrogen-bond donors (Lipinski definition) is 3. The SMILES string of the molecule is CNC(=O)c1cccc(NC(=S)NC(=O)c2cc(Br)ccc2OCCc2ccccc2)c1. The molecule has 0 aliphatic rings. The molecule has 0 saturated heterocycles. The van der Waals surface area contributed by atoms with Gasteiger partial charge >= 0.3 is 0 Å². The zero-order valence-corrected chi connectivity index (χ0v) is 19.8. The molecule has 0 aliphatic carbocycles. The molecule has 0 unspecified atom stereocenters. The van der Waals surface area contributed by atoms with E-state index < -0.39 is 5.91 Å². The van der Waals surface area contributed by atoms with Crippen molar-refractivity contribution < 1.29 is 14.3 Å². The summed E-state index contributed by atoms with van der Waals surface area (Å²) in [5, 5.41) is 8.27. The Bertz CT molecular complexity index is 1120. The number of ether oxygens (including phenoxy) is 1. The fraction of sp³-hybridized carbons (Fsp3) is 0.125. The molecule has 3 aromatic carbocycles. The molecule has 0 fully saturated rings. The van der Waals surface area contributed by atoms with E-state index in [0.29, 0.717) is 29.2 Å². The van der Waals surface area contributed by atoms with Crippen molar-refractivity contribution in [3.63, 3.8) is 0 Å². The first-order chi connectivity index (χ1) is 15.5. The van der Waals surface area contributed by atoms with Gasteiger partial charge in [0.05, 0.1) is 12.2 Å². The highest BCUT2D eigenvalue weighted by molar-refractivity contribution is 9.10. The van der Waals surface area contributed by atoms with Crippen LogP contribution in [-0.2, 0) is 6.42 Å². The van der Waals surface area contributed by atoms with Crippen molar-refractivity contribution in [2.75, 3.05) is 19.0 Å². The molecular formula is C24H22BrN3O3S. The van der Waals surface area contributed by atoms with Crippen LogP contribution in [0.25, 0.3) is 0 Å². The molecule has 3 N–H and O–H groups in total. The Morgan fingerprint density at radius 1 is 0.969 bits per heavy atom. The van der Waals surface area contributed by atoms with Gasteiger partial charge in [-0.3, -0.25) is 14.9 Å². The Morgan fingerprint density at radius 3 is 2.50 bits per heavy atom. The minimum atomic E-state index is -0.402. The van der Waals surface area contributed by atoms with Crippen LogP contribution in [0.2, 0.25) is 0 Å². The van der Waals surface area contributed by atoms with Gasteiger partial charge in [-0.1, -0.05) is 52.3 Å². The lowest BCUT2D eigenvalue weighted by molar-refractivity contribution is 0.0958. The number of benzene rings is 3. The standard InChI is InChI=1S/C24H22BrN3O3S/c1-26-22(29)17-8-5-9-19(14-17)27-24(32)28-23(30)20-15-18(25)10-11-21(20)31-13-12-16-6-3-2-4-7-16/h2-11,14-15H,12-13H2,1H3,(H,26,29)(H2,27,28,30,32). The molecule has 0 aromatic heterocycles. The Balaban J connectivity index is 1.64. The second-order valence-electron chi connectivity index (χ2n) is 6.79. The summed E-state index contributed by atoms with van der Waals surface area (Å²) in [6, 6.07) is 22.0. The van der Waals surface area contributed by atoms with Gasteiger partial charge in [0.2, 0.25) is 0 Å². The third kappa shape index (κ3) is 6.63. The third-order valence-electron chi connectivity index (χ3n) is 4.51. The molecule has 0 saturated carbocycles. The van der Waals surface area contributed by atoms with E-state index in [-0.39, 0.29) is 11.0 Å². The van der Waals surface area contributed by atoms with Gasteiger partial charge in [-0.15, -0.1) is 0 Å². The van der Waals surface area contributed by atoms with Crippen molar-refractivity contribution in [1.29, 1.82) is 0 Å². The van der Waals surface area contributed by atoms with Crippen LogP contribution < -0.4 is 20.7 Å². The summed E-state index contributed by atoms with van der Waals surface area (Å²) in [4.78, 5) is 24.7. The van der Waals surface area contributed by atoms with Gasteiger partial charge in [-0.25, -0.2) is 0 Å². The predicted molar refractivity (Wildman–Crippen MR) is 133 cm³/mol. The molecule has 0 atom stereocenters. The molecule has 0 aliphatic heterocycles. The number of rotatable bonds is 7. The van der Waals surface area contributed by atoms with E-state index in [0.717, 1.165) is 16.5 Å². The van der Waals surface area contributed by atoms with Gasteiger partial charge in [-0.05, 0) is 54.2 Å². The minimum Gasteiger partial charge on any atom is -0.492 e. The molecule has 0 spiro atoms. The molecule has 0 radical (unpaired) electrons.